The molecule has 3 nitrogen and oxygen atoms in total. The van der Waals surface area contributed by atoms with Gasteiger partial charge in [-0.05, 0) is 45.4 Å². The summed E-state index contributed by atoms with van der Waals surface area (Å²) in [5.74, 6) is 1.56. The summed E-state index contributed by atoms with van der Waals surface area (Å²) in [6.07, 6.45) is 0.858. The summed E-state index contributed by atoms with van der Waals surface area (Å²) in [5, 5.41) is 3.46. The minimum atomic E-state index is 0.101. The molecule has 0 unspecified atom stereocenters. The molecular formula is C17H27NO2. The maximum absolute atomic E-state index is 5.73. The summed E-state index contributed by atoms with van der Waals surface area (Å²) in [6, 6.07) is 6.06. The monoisotopic (exact) mass is 277 g/mol. The summed E-state index contributed by atoms with van der Waals surface area (Å²) in [5.41, 5.74) is 2.41. The number of benzene rings is 1. The highest BCUT2D eigenvalue weighted by Gasteiger charge is 2.10. The second-order valence-electron chi connectivity index (χ2n) is 6.14. The quantitative estimate of drug-likeness (QED) is 0.766. The molecule has 0 saturated heterocycles. The lowest BCUT2D eigenvalue weighted by Crippen LogP contribution is -2.35. The molecule has 0 radical (unpaired) electrons. The van der Waals surface area contributed by atoms with Crippen LogP contribution in [0.15, 0.2) is 30.4 Å². The molecule has 0 aliphatic rings. The lowest BCUT2D eigenvalue weighted by atomic mass is 10.1. The van der Waals surface area contributed by atoms with Crippen LogP contribution in [-0.2, 0) is 6.54 Å². The highest BCUT2D eigenvalue weighted by molar-refractivity contribution is 5.43. The van der Waals surface area contributed by atoms with Crippen molar-refractivity contribution in [3.8, 4) is 11.5 Å². The van der Waals surface area contributed by atoms with Crippen LogP contribution in [0.5, 0.6) is 11.5 Å². The molecule has 0 aromatic heterocycles. The lowest BCUT2D eigenvalue weighted by molar-refractivity contribution is 0.297. The van der Waals surface area contributed by atoms with Crippen molar-refractivity contribution in [3.05, 3.63) is 35.9 Å². The molecular weight excluding hydrogens is 250 g/mol. The Morgan fingerprint density at radius 2 is 1.95 bits per heavy atom. The van der Waals surface area contributed by atoms with Crippen molar-refractivity contribution in [2.45, 2.75) is 46.2 Å². The molecule has 0 amide bonds. The van der Waals surface area contributed by atoms with Crippen molar-refractivity contribution in [2.24, 2.45) is 0 Å². The molecule has 0 bridgehead atoms. The molecule has 20 heavy (non-hydrogen) atoms. The van der Waals surface area contributed by atoms with Crippen LogP contribution in [0.4, 0.5) is 0 Å². The zero-order valence-corrected chi connectivity index (χ0v) is 13.4. The molecule has 0 heterocycles. The summed E-state index contributed by atoms with van der Waals surface area (Å²) < 4.78 is 11.1. The molecule has 0 aliphatic heterocycles. The van der Waals surface area contributed by atoms with Gasteiger partial charge >= 0.3 is 0 Å². The van der Waals surface area contributed by atoms with E-state index in [4.69, 9.17) is 9.47 Å². The van der Waals surface area contributed by atoms with Gasteiger partial charge in [0.2, 0.25) is 0 Å². The molecule has 1 aromatic rings. The summed E-state index contributed by atoms with van der Waals surface area (Å²) in [4.78, 5) is 0. The number of hydrogen-bond donors (Lipinski definition) is 1. The second kappa shape index (κ2) is 7.34. The first-order valence-electron chi connectivity index (χ1n) is 7.01. The Morgan fingerprint density at radius 1 is 1.25 bits per heavy atom. The predicted molar refractivity (Wildman–Crippen MR) is 84.5 cm³/mol. The number of rotatable bonds is 7. The van der Waals surface area contributed by atoms with E-state index in [2.05, 4.69) is 38.7 Å². The SMILES string of the molecule is C=C(C)CCOc1ccc(CNC(C)(C)C)cc1OC. The topological polar surface area (TPSA) is 30.5 Å². The summed E-state index contributed by atoms with van der Waals surface area (Å²) in [6.45, 7) is 13.8. The molecule has 0 saturated carbocycles. The van der Waals surface area contributed by atoms with Gasteiger partial charge < -0.3 is 14.8 Å². The van der Waals surface area contributed by atoms with Gasteiger partial charge in [-0.15, -0.1) is 6.58 Å². The molecule has 0 spiro atoms. The standard InChI is InChI=1S/C17H27NO2/c1-13(2)9-10-20-15-8-7-14(11-16(15)19-6)12-18-17(3,4)5/h7-8,11,18H,1,9-10,12H2,2-6H3. The number of ether oxygens (including phenoxy) is 2. The third-order valence-corrected chi connectivity index (χ3v) is 2.84. The van der Waals surface area contributed by atoms with E-state index < -0.39 is 0 Å². The fourth-order valence-electron chi connectivity index (χ4n) is 1.64. The van der Waals surface area contributed by atoms with E-state index in [1.165, 1.54) is 5.56 Å². The Hall–Kier alpha value is -1.48. The predicted octanol–water partition coefficient (Wildman–Crippen LogP) is 3.93. The van der Waals surface area contributed by atoms with Crippen LogP contribution in [0.1, 0.15) is 39.7 Å². The smallest absolute Gasteiger partial charge is 0.161 e. The van der Waals surface area contributed by atoms with Crippen LogP contribution < -0.4 is 14.8 Å². The highest BCUT2D eigenvalue weighted by atomic mass is 16.5. The van der Waals surface area contributed by atoms with Gasteiger partial charge in [0.25, 0.3) is 0 Å². The van der Waals surface area contributed by atoms with E-state index in [1.807, 2.05) is 19.1 Å². The minimum Gasteiger partial charge on any atom is -0.493 e. The van der Waals surface area contributed by atoms with Crippen molar-refractivity contribution < 1.29 is 9.47 Å². The lowest BCUT2D eigenvalue weighted by Gasteiger charge is -2.21. The Labute approximate surface area is 123 Å². The summed E-state index contributed by atoms with van der Waals surface area (Å²) >= 11 is 0. The Kier molecular flexibility index (Phi) is 6.08. The summed E-state index contributed by atoms with van der Waals surface area (Å²) in [7, 11) is 1.67. The maximum Gasteiger partial charge on any atom is 0.161 e. The first-order valence-corrected chi connectivity index (χ1v) is 7.01. The Morgan fingerprint density at radius 3 is 2.50 bits per heavy atom. The fourth-order valence-corrected chi connectivity index (χ4v) is 1.64. The number of hydrogen-bond acceptors (Lipinski definition) is 3. The second-order valence-corrected chi connectivity index (χ2v) is 6.14. The first kappa shape index (κ1) is 16.6. The molecule has 112 valence electrons. The van der Waals surface area contributed by atoms with Crippen LogP contribution in [0.3, 0.4) is 0 Å². The molecule has 0 fully saturated rings. The molecule has 0 aliphatic carbocycles. The van der Waals surface area contributed by atoms with Gasteiger partial charge in [0.1, 0.15) is 0 Å². The van der Waals surface area contributed by atoms with Gasteiger partial charge in [0.05, 0.1) is 13.7 Å². The van der Waals surface area contributed by atoms with Crippen molar-refractivity contribution >= 4 is 0 Å². The molecule has 1 N–H and O–H groups in total. The first-order chi connectivity index (χ1) is 9.31. The molecule has 1 aromatic carbocycles. The number of methoxy groups -OCH3 is 1. The van der Waals surface area contributed by atoms with Gasteiger partial charge in [-0.2, -0.15) is 0 Å². The number of nitrogens with one attached hydrogen (secondary N) is 1. The van der Waals surface area contributed by atoms with E-state index in [9.17, 15) is 0 Å². The van der Waals surface area contributed by atoms with E-state index >= 15 is 0 Å². The van der Waals surface area contributed by atoms with Crippen molar-refractivity contribution in [3.63, 3.8) is 0 Å². The van der Waals surface area contributed by atoms with Gasteiger partial charge in [0, 0.05) is 18.5 Å². The average molecular weight is 277 g/mol. The molecule has 0 atom stereocenters. The zero-order chi connectivity index (χ0) is 15.2. The van der Waals surface area contributed by atoms with Crippen molar-refractivity contribution in [1.29, 1.82) is 0 Å². The molecule has 3 heteroatoms. The largest absolute Gasteiger partial charge is 0.493 e. The average Bonchev–Trinajstić information content (AvgIpc) is 2.36. The zero-order valence-electron chi connectivity index (χ0n) is 13.4. The minimum absolute atomic E-state index is 0.101. The van der Waals surface area contributed by atoms with Gasteiger partial charge in [0.15, 0.2) is 11.5 Å². The highest BCUT2D eigenvalue weighted by Crippen LogP contribution is 2.28. The van der Waals surface area contributed by atoms with Crippen LogP contribution >= 0.6 is 0 Å². The third-order valence-electron chi connectivity index (χ3n) is 2.84. The Bertz CT molecular complexity index is 447. The van der Waals surface area contributed by atoms with Crippen LogP contribution in [0.2, 0.25) is 0 Å². The van der Waals surface area contributed by atoms with Crippen LogP contribution in [0.25, 0.3) is 0 Å². The van der Waals surface area contributed by atoms with Crippen molar-refractivity contribution in [2.75, 3.05) is 13.7 Å². The van der Waals surface area contributed by atoms with Crippen LogP contribution in [0, 0.1) is 0 Å². The van der Waals surface area contributed by atoms with E-state index in [0.29, 0.717) is 6.61 Å². The molecule has 1 rings (SSSR count). The maximum atomic E-state index is 5.73. The van der Waals surface area contributed by atoms with Crippen LogP contribution in [-0.4, -0.2) is 19.3 Å². The Balaban J connectivity index is 2.67. The van der Waals surface area contributed by atoms with E-state index in [-0.39, 0.29) is 5.54 Å². The van der Waals surface area contributed by atoms with Crippen molar-refractivity contribution in [1.82, 2.24) is 5.32 Å². The van der Waals surface area contributed by atoms with E-state index in [1.54, 1.807) is 7.11 Å². The normalized spacial score (nSPS) is 11.2. The van der Waals surface area contributed by atoms with Gasteiger partial charge in [-0.3, -0.25) is 0 Å². The van der Waals surface area contributed by atoms with Gasteiger partial charge in [-0.25, -0.2) is 0 Å². The van der Waals surface area contributed by atoms with E-state index in [0.717, 1.165) is 30.0 Å². The van der Waals surface area contributed by atoms with Gasteiger partial charge in [-0.1, -0.05) is 11.6 Å². The fraction of sp³-hybridized carbons (Fsp3) is 0.529. The third kappa shape index (κ3) is 6.11.